The fourth-order valence-electron chi connectivity index (χ4n) is 3.39. The Labute approximate surface area is 173 Å². The van der Waals surface area contributed by atoms with Crippen molar-refractivity contribution in [1.82, 2.24) is 0 Å². The van der Waals surface area contributed by atoms with Gasteiger partial charge in [-0.25, -0.2) is 9.59 Å². The summed E-state index contributed by atoms with van der Waals surface area (Å²) >= 11 is 0. The van der Waals surface area contributed by atoms with Crippen LogP contribution in [0, 0.1) is 0 Å². The molecule has 2 aromatic rings. The third-order valence-electron chi connectivity index (χ3n) is 4.97. The van der Waals surface area contributed by atoms with Crippen molar-refractivity contribution in [3.8, 4) is 11.5 Å². The standard InChI is InChI=1S/C23H22O7/c1-5-28-21(26)19(24)13-7-9-17-15(11-13)23(3,4)16-12-14(8-10-18(16)30-17)20(25)22(27)29-6-2/h7-12H,5-6H2,1-4H3. The number of Topliss-reactive ketones (excluding diaryl/α,β-unsaturated/α-hetero) is 2. The van der Waals surface area contributed by atoms with Crippen LogP contribution in [0.3, 0.4) is 0 Å². The maximum atomic E-state index is 12.3. The topological polar surface area (TPSA) is 96.0 Å². The van der Waals surface area contributed by atoms with E-state index in [2.05, 4.69) is 0 Å². The van der Waals surface area contributed by atoms with E-state index in [1.165, 1.54) is 12.1 Å². The maximum Gasteiger partial charge on any atom is 0.379 e. The first kappa shape index (κ1) is 21.2. The van der Waals surface area contributed by atoms with E-state index in [1.54, 1.807) is 38.1 Å². The molecule has 7 nitrogen and oxygen atoms in total. The lowest BCUT2D eigenvalue weighted by Crippen LogP contribution is -2.26. The number of ketones is 2. The minimum absolute atomic E-state index is 0.106. The third-order valence-corrected chi connectivity index (χ3v) is 4.97. The zero-order chi connectivity index (χ0) is 22.1. The van der Waals surface area contributed by atoms with Gasteiger partial charge in [-0.15, -0.1) is 0 Å². The Morgan fingerprint density at radius 1 is 0.767 bits per heavy atom. The van der Waals surface area contributed by atoms with Crippen molar-refractivity contribution < 1.29 is 33.4 Å². The Hall–Kier alpha value is -3.48. The highest BCUT2D eigenvalue weighted by atomic mass is 16.5. The summed E-state index contributed by atoms with van der Waals surface area (Å²) in [7, 11) is 0. The van der Waals surface area contributed by atoms with Gasteiger partial charge in [0.15, 0.2) is 0 Å². The van der Waals surface area contributed by atoms with Crippen LogP contribution in [0.4, 0.5) is 0 Å². The first-order valence-electron chi connectivity index (χ1n) is 9.60. The highest BCUT2D eigenvalue weighted by Crippen LogP contribution is 2.48. The maximum absolute atomic E-state index is 12.3. The first-order chi connectivity index (χ1) is 14.2. The molecule has 0 bridgehead atoms. The molecule has 0 N–H and O–H groups in total. The van der Waals surface area contributed by atoms with Gasteiger partial charge in [0, 0.05) is 27.7 Å². The molecule has 0 amide bonds. The average molecular weight is 410 g/mol. The molecular weight excluding hydrogens is 388 g/mol. The van der Waals surface area contributed by atoms with Crippen molar-refractivity contribution in [2.75, 3.05) is 13.2 Å². The van der Waals surface area contributed by atoms with Crippen molar-refractivity contribution in [1.29, 1.82) is 0 Å². The average Bonchev–Trinajstić information content (AvgIpc) is 2.73. The van der Waals surface area contributed by atoms with Crippen molar-refractivity contribution in [3.05, 3.63) is 58.7 Å². The summed E-state index contributed by atoms with van der Waals surface area (Å²) < 4.78 is 15.5. The molecule has 1 heterocycles. The van der Waals surface area contributed by atoms with Crippen LogP contribution in [0.15, 0.2) is 36.4 Å². The van der Waals surface area contributed by atoms with Crippen LogP contribution in [0.25, 0.3) is 0 Å². The second-order valence-corrected chi connectivity index (χ2v) is 7.25. The molecule has 0 radical (unpaired) electrons. The Morgan fingerprint density at radius 3 is 1.53 bits per heavy atom. The lowest BCUT2D eigenvalue weighted by Gasteiger charge is -2.35. The molecule has 0 fully saturated rings. The van der Waals surface area contributed by atoms with E-state index >= 15 is 0 Å². The predicted octanol–water partition coefficient (Wildman–Crippen LogP) is 3.61. The van der Waals surface area contributed by atoms with E-state index < -0.39 is 28.9 Å². The minimum Gasteiger partial charge on any atom is -0.460 e. The van der Waals surface area contributed by atoms with Crippen molar-refractivity contribution in [3.63, 3.8) is 0 Å². The summed E-state index contributed by atoms with van der Waals surface area (Å²) in [5, 5.41) is 0. The van der Waals surface area contributed by atoms with E-state index in [4.69, 9.17) is 14.2 Å². The largest absolute Gasteiger partial charge is 0.460 e. The summed E-state index contributed by atoms with van der Waals surface area (Å²) in [5.74, 6) is -2.25. The summed E-state index contributed by atoms with van der Waals surface area (Å²) in [6.07, 6.45) is 0. The molecule has 156 valence electrons. The van der Waals surface area contributed by atoms with Gasteiger partial charge in [-0.3, -0.25) is 9.59 Å². The summed E-state index contributed by atoms with van der Waals surface area (Å²) in [4.78, 5) is 48.3. The SMILES string of the molecule is CCOC(=O)C(=O)c1ccc2c(c1)C(C)(C)c1cc(C(=O)C(=O)OCC)ccc1O2. The van der Waals surface area contributed by atoms with E-state index in [1.807, 2.05) is 13.8 Å². The van der Waals surface area contributed by atoms with E-state index in [0.717, 1.165) is 0 Å². The molecule has 1 aliphatic rings. The van der Waals surface area contributed by atoms with Crippen LogP contribution < -0.4 is 4.74 Å². The van der Waals surface area contributed by atoms with Crippen LogP contribution in [-0.2, 0) is 24.5 Å². The minimum atomic E-state index is -0.922. The number of benzene rings is 2. The Morgan fingerprint density at radius 2 is 1.17 bits per heavy atom. The van der Waals surface area contributed by atoms with Crippen molar-refractivity contribution in [2.24, 2.45) is 0 Å². The van der Waals surface area contributed by atoms with Gasteiger partial charge in [-0.2, -0.15) is 0 Å². The Balaban J connectivity index is 2.02. The number of hydrogen-bond acceptors (Lipinski definition) is 7. The summed E-state index contributed by atoms with van der Waals surface area (Å²) in [6, 6.07) is 9.47. The molecule has 2 aromatic carbocycles. The Bertz CT molecular complexity index is 968. The highest BCUT2D eigenvalue weighted by molar-refractivity contribution is 6.41. The summed E-state index contributed by atoms with van der Waals surface area (Å²) in [5.41, 5.74) is 1.05. The molecule has 30 heavy (non-hydrogen) atoms. The van der Waals surface area contributed by atoms with Crippen molar-refractivity contribution in [2.45, 2.75) is 33.1 Å². The molecule has 0 aliphatic carbocycles. The molecule has 7 heteroatoms. The van der Waals surface area contributed by atoms with Gasteiger partial charge in [0.2, 0.25) is 0 Å². The van der Waals surface area contributed by atoms with Gasteiger partial charge in [0.1, 0.15) is 11.5 Å². The number of ether oxygens (including phenoxy) is 3. The highest BCUT2D eigenvalue weighted by Gasteiger charge is 2.36. The van der Waals surface area contributed by atoms with Crippen LogP contribution in [0.5, 0.6) is 11.5 Å². The predicted molar refractivity (Wildman–Crippen MR) is 107 cm³/mol. The number of rotatable bonds is 6. The van der Waals surface area contributed by atoms with E-state index in [-0.39, 0.29) is 24.3 Å². The molecule has 0 aromatic heterocycles. The molecule has 0 saturated carbocycles. The lowest BCUT2D eigenvalue weighted by atomic mass is 9.74. The molecule has 0 atom stereocenters. The molecule has 0 saturated heterocycles. The number of esters is 2. The molecule has 3 rings (SSSR count). The number of carbonyl (C=O) groups excluding carboxylic acids is 4. The number of hydrogen-bond donors (Lipinski definition) is 0. The number of fused-ring (bicyclic) bond motifs is 2. The Kier molecular flexibility index (Phi) is 5.73. The molecular formula is C23H22O7. The van der Waals surface area contributed by atoms with Crippen LogP contribution >= 0.6 is 0 Å². The molecule has 0 spiro atoms. The normalized spacial score (nSPS) is 13.3. The molecule has 0 unspecified atom stereocenters. The smallest absolute Gasteiger partial charge is 0.379 e. The van der Waals surface area contributed by atoms with Crippen LogP contribution in [0.1, 0.15) is 59.5 Å². The van der Waals surface area contributed by atoms with Gasteiger partial charge in [-0.05, 0) is 50.2 Å². The van der Waals surface area contributed by atoms with Gasteiger partial charge >= 0.3 is 11.9 Å². The van der Waals surface area contributed by atoms with E-state index in [0.29, 0.717) is 22.6 Å². The molecule has 1 aliphatic heterocycles. The van der Waals surface area contributed by atoms with Crippen LogP contribution in [0.2, 0.25) is 0 Å². The quantitative estimate of drug-likeness (QED) is 0.408. The van der Waals surface area contributed by atoms with Crippen LogP contribution in [-0.4, -0.2) is 36.7 Å². The van der Waals surface area contributed by atoms with Crippen molar-refractivity contribution >= 4 is 23.5 Å². The van der Waals surface area contributed by atoms with Gasteiger partial charge in [0.25, 0.3) is 11.6 Å². The van der Waals surface area contributed by atoms with E-state index in [9.17, 15) is 19.2 Å². The lowest BCUT2D eigenvalue weighted by molar-refractivity contribution is -0.138. The monoisotopic (exact) mass is 410 g/mol. The fourth-order valence-corrected chi connectivity index (χ4v) is 3.39. The third kappa shape index (κ3) is 3.70. The number of carbonyl (C=O) groups is 4. The van der Waals surface area contributed by atoms with Gasteiger partial charge < -0.3 is 14.2 Å². The first-order valence-corrected chi connectivity index (χ1v) is 9.60. The van der Waals surface area contributed by atoms with Gasteiger partial charge in [-0.1, -0.05) is 13.8 Å². The second kappa shape index (κ2) is 8.10. The fraction of sp³-hybridized carbons (Fsp3) is 0.304. The summed E-state index contributed by atoms with van der Waals surface area (Å²) in [6.45, 7) is 7.28. The zero-order valence-corrected chi connectivity index (χ0v) is 17.2. The zero-order valence-electron chi connectivity index (χ0n) is 17.2. The second-order valence-electron chi connectivity index (χ2n) is 7.25. The van der Waals surface area contributed by atoms with Gasteiger partial charge in [0.05, 0.1) is 13.2 Å².